The molecule has 2 N–H and O–H groups in total. The van der Waals surface area contributed by atoms with Gasteiger partial charge in [-0.15, -0.1) is 0 Å². The lowest BCUT2D eigenvalue weighted by Gasteiger charge is -2.19. The number of benzene rings is 1. The molecular weight excluding hydrogens is 353 g/mol. The maximum absolute atomic E-state index is 13.7. The average Bonchev–Trinajstić information content (AvgIpc) is 2.59. The van der Waals surface area contributed by atoms with Gasteiger partial charge in [-0.25, -0.2) is 9.38 Å². The van der Waals surface area contributed by atoms with Gasteiger partial charge in [0.1, 0.15) is 6.10 Å². The van der Waals surface area contributed by atoms with Gasteiger partial charge in [0.05, 0.1) is 6.54 Å². The van der Waals surface area contributed by atoms with Crippen LogP contribution in [0.1, 0.15) is 41.0 Å². The molecule has 148 valence electrons. The highest BCUT2D eigenvalue weighted by atomic mass is 32.2. The van der Waals surface area contributed by atoms with Crippen molar-refractivity contribution >= 4 is 16.8 Å². The fourth-order valence-corrected chi connectivity index (χ4v) is 2.97. The third-order valence-corrected chi connectivity index (χ3v) is 5.59. The molecule has 0 bridgehead atoms. The fourth-order valence-electron chi connectivity index (χ4n) is 2.07. The predicted molar refractivity (Wildman–Crippen MR) is 108 cm³/mol. The van der Waals surface area contributed by atoms with E-state index in [1.165, 1.54) is 6.07 Å². The molecular formula is C19H32FN3O2S. The Kier molecular flexibility index (Phi) is 9.62. The lowest BCUT2D eigenvalue weighted by atomic mass is 10.2. The van der Waals surface area contributed by atoms with E-state index in [0.717, 1.165) is 6.54 Å². The first kappa shape index (κ1) is 22.4. The SMILES string of the molecule is CCNC(=NCC(CC)Oc1ccccc1F)NCCS(=O)C(C)(C)C. The number of hydrogen-bond acceptors (Lipinski definition) is 3. The monoisotopic (exact) mass is 385 g/mol. The number of aliphatic imine (C=N–C) groups is 1. The molecule has 7 heteroatoms. The molecule has 26 heavy (non-hydrogen) atoms. The van der Waals surface area contributed by atoms with Crippen molar-refractivity contribution in [3.05, 3.63) is 30.1 Å². The van der Waals surface area contributed by atoms with Gasteiger partial charge >= 0.3 is 0 Å². The Bertz CT molecular complexity index is 603. The van der Waals surface area contributed by atoms with E-state index in [4.69, 9.17) is 4.74 Å². The molecule has 2 atom stereocenters. The van der Waals surface area contributed by atoms with Crippen LogP contribution in [0.3, 0.4) is 0 Å². The van der Waals surface area contributed by atoms with Crippen molar-refractivity contribution < 1.29 is 13.3 Å². The van der Waals surface area contributed by atoms with Gasteiger partial charge in [-0.3, -0.25) is 4.21 Å². The lowest BCUT2D eigenvalue weighted by molar-refractivity contribution is 0.196. The maximum Gasteiger partial charge on any atom is 0.191 e. The molecule has 0 saturated carbocycles. The molecule has 0 heterocycles. The second-order valence-corrected chi connectivity index (χ2v) is 9.21. The molecule has 0 aromatic heterocycles. The van der Waals surface area contributed by atoms with Gasteiger partial charge in [0.25, 0.3) is 0 Å². The number of hydrogen-bond donors (Lipinski definition) is 2. The van der Waals surface area contributed by atoms with Crippen molar-refractivity contribution in [2.24, 2.45) is 4.99 Å². The van der Waals surface area contributed by atoms with Crippen molar-refractivity contribution in [3.8, 4) is 5.75 Å². The van der Waals surface area contributed by atoms with Gasteiger partial charge in [-0.1, -0.05) is 19.1 Å². The summed E-state index contributed by atoms with van der Waals surface area (Å²) in [6.45, 7) is 11.6. The van der Waals surface area contributed by atoms with Gasteiger partial charge < -0.3 is 15.4 Å². The van der Waals surface area contributed by atoms with Gasteiger partial charge in [-0.05, 0) is 46.2 Å². The summed E-state index contributed by atoms with van der Waals surface area (Å²) in [6, 6.07) is 6.38. The molecule has 1 aromatic rings. The highest BCUT2D eigenvalue weighted by molar-refractivity contribution is 7.86. The first-order chi connectivity index (χ1) is 12.3. The summed E-state index contributed by atoms with van der Waals surface area (Å²) >= 11 is 0. The summed E-state index contributed by atoms with van der Waals surface area (Å²) in [4.78, 5) is 4.52. The van der Waals surface area contributed by atoms with Gasteiger partial charge in [-0.2, -0.15) is 0 Å². The van der Waals surface area contributed by atoms with E-state index < -0.39 is 10.8 Å². The van der Waals surface area contributed by atoms with Crippen molar-refractivity contribution in [2.45, 2.75) is 51.9 Å². The van der Waals surface area contributed by atoms with Gasteiger partial charge in [0.2, 0.25) is 0 Å². The van der Waals surface area contributed by atoms with Crippen LogP contribution in [0, 0.1) is 5.82 Å². The highest BCUT2D eigenvalue weighted by Crippen LogP contribution is 2.18. The van der Waals surface area contributed by atoms with Crippen LogP contribution in [0.2, 0.25) is 0 Å². The van der Waals surface area contributed by atoms with Crippen LogP contribution >= 0.6 is 0 Å². The summed E-state index contributed by atoms with van der Waals surface area (Å²) in [6.07, 6.45) is 0.497. The number of nitrogens with zero attached hydrogens (tertiary/aromatic N) is 1. The third-order valence-electron chi connectivity index (χ3n) is 3.65. The first-order valence-corrected chi connectivity index (χ1v) is 10.4. The molecule has 0 aliphatic heterocycles. The Morgan fingerprint density at radius 3 is 2.54 bits per heavy atom. The van der Waals surface area contributed by atoms with Crippen molar-refractivity contribution in [1.29, 1.82) is 0 Å². The minimum Gasteiger partial charge on any atom is -0.485 e. The Balaban J connectivity index is 2.60. The summed E-state index contributed by atoms with van der Waals surface area (Å²) < 4.78 is 31.3. The summed E-state index contributed by atoms with van der Waals surface area (Å²) in [5.74, 6) is 1.07. The van der Waals surface area contributed by atoms with Crippen LogP contribution in [0.5, 0.6) is 5.75 Å². The van der Waals surface area contributed by atoms with E-state index in [9.17, 15) is 8.60 Å². The molecule has 0 fully saturated rings. The number of nitrogens with one attached hydrogen (secondary N) is 2. The fraction of sp³-hybridized carbons (Fsp3) is 0.632. The number of ether oxygens (including phenoxy) is 1. The second kappa shape index (κ2) is 11.2. The maximum atomic E-state index is 13.7. The topological polar surface area (TPSA) is 62.7 Å². The largest absolute Gasteiger partial charge is 0.485 e. The molecule has 0 saturated heterocycles. The molecule has 0 spiro atoms. The van der Waals surface area contributed by atoms with Gasteiger partial charge in [0, 0.05) is 34.4 Å². The zero-order valence-corrected chi connectivity index (χ0v) is 17.3. The average molecular weight is 386 g/mol. The zero-order chi connectivity index (χ0) is 19.6. The summed E-state index contributed by atoms with van der Waals surface area (Å²) in [7, 11) is -0.913. The van der Waals surface area contributed by atoms with Crippen LogP contribution in [-0.4, -0.2) is 46.4 Å². The number of rotatable bonds is 9. The van der Waals surface area contributed by atoms with E-state index >= 15 is 0 Å². The zero-order valence-electron chi connectivity index (χ0n) is 16.5. The van der Waals surface area contributed by atoms with Crippen LogP contribution in [0.25, 0.3) is 0 Å². The Hall–Kier alpha value is -1.63. The van der Waals surface area contributed by atoms with Crippen LogP contribution in [0.4, 0.5) is 4.39 Å². The molecule has 2 unspecified atom stereocenters. The van der Waals surface area contributed by atoms with Crippen molar-refractivity contribution in [2.75, 3.05) is 25.4 Å². The molecule has 0 aliphatic rings. The van der Waals surface area contributed by atoms with Gasteiger partial charge in [0.15, 0.2) is 17.5 Å². The predicted octanol–water partition coefficient (Wildman–Crippen LogP) is 3.09. The third kappa shape index (κ3) is 8.17. The second-order valence-electron chi connectivity index (χ2n) is 6.89. The number of guanidine groups is 1. The lowest BCUT2D eigenvalue weighted by Crippen LogP contribution is -2.41. The molecule has 0 radical (unpaired) electrons. The molecule has 1 rings (SSSR count). The molecule has 0 amide bonds. The van der Waals surface area contributed by atoms with E-state index in [1.54, 1.807) is 18.2 Å². The Morgan fingerprint density at radius 2 is 1.96 bits per heavy atom. The summed E-state index contributed by atoms with van der Waals surface area (Å²) in [5, 5.41) is 6.35. The molecule has 1 aromatic carbocycles. The minimum atomic E-state index is -0.913. The standard InChI is InChI=1S/C19H32FN3O2S/c1-6-15(25-17-11-9-8-10-16(17)20)14-23-18(21-7-2)22-12-13-26(24)19(3,4)5/h8-11,15H,6-7,12-14H2,1-5H3,(H2,21,22,23). The quantitative estimate of drug-likeness (QED) is 0.507. The van der Waals surface area contributed by atoms with Crippen molar-refractivity contribution in [3.63, 3.8) is 0 Å². The van der Waals surface area contributed by atoms with E-state index in [0.29, 0.717) is 31.2 Å². The van der Waals surface area contributed by atoms with Crippen molar-refractivity contribution in [1.82, 2.24) is 10.6 Å². The van der Waals surface area contributed by atoms with Crippen LogP contribution < -0.4 is 15.4 Å². The summed E-state index contributed by atoms with van der Waals surface area (Å²) in [5.41, 5.74) is 0. The van der Waals surface area contributed by atoms with E-state index in [-0.39, 0.29) is 22.4 Å². The van der Waals surface area contributed by atoms with E-state index in [1.807, 2.05) is 34.6 Å². The Morgan fingerprint density at radius 1 is 1.27 bits per heavy atom. The highest BCUT2D eigenvalue weighted by Gasteiger charge is 2.18. The van der Waals surface area contributed by atoms with E-state index in [2.05, 4.69) is 15.6 Å². The van der Waals surface area contributed by atoms with Crippen LogP contribution in [0.15, 0.2) is 29.3 Å². The number of halogens is 1. The molecule has 5 nitrogen and oxygen atoms in total. The minimum absolute atomic E-state index is 0.217. The van der Waals surface area contributed by atoms with Crippen LogP contribution in [-0.2, 0) is 10.8 Å². The number of para-hydroxylation sites is 1. The smallest absolute Gasteiger partial charge is 0.191 e. The first-order valence-electron chi connectivity index (χ1n) is 9.09. The normalized spacial score (nSPS) is 14.6. The Labute approximate surface area is 159 Å². The molecule has 0 aliphatic carbocycles.